The van der Waals surface area contributed by atoms with E-state index in [1.807, 2.05) is 0 Å². The van der Waals surface area contributed by atoms with E-state index in [1.165, 1.54) is 44.5 Å². The molecular formula is C28H21Cl. The number of fused-ring (bicyclic) bond motifs is 6. The van der Waals surface area contributed by atoms with Gasteiger partial charge in [-0.25, -0.2) is 0 Å². The van der Waals surface area contributed by atoms with Gasteiger partial charge in [0.1, 0.15) is 0 Å². The predicted molar refractivity (Wildman–Crippen MR) is 122 cm³/mol. The lowest BCUT2D eigenvalue weighted by atomic mass is 9.71. The fourth-order valence-electron chi connectivity index (χ4n) is 5.66. The Balaban J connectivity index is 1.58. The Bertz CT molecular complexity index is 1150. The Kier molecular flexibility index (Phi) is 3.73. The van der Waals surface area contributed by atoms with Gasteiger partial charge in [0.15, 0.2) is 0 Å². The molecule has 0 bridgehead atoms. The summed E-state index contributed by atoms with van der Waals surface area (Å²) < 4.78 is 0. The van der Waals surface area contributed by atoms with E-state index in [0.717, 1.165) is 6.42 Å². The summed E-state index contributed by atoms with van der Waals surface area (Å²) in [6.07, 6.45) is 0.985. The highest BCUT2D eigenvalue weighted by Gasteiger charge is 2.45. The summed E-state index contributed by atoms with van der Waals surface area (Å²) in [6, 6.07) is 35.4. The molecule has 6 rings (SSSR count). The summed E-state index contributed by atoms with van der Waals surface area (Å²) in [7, 11) is 0. The molecule has 0 nitrogen and oxygen atoms in total. The molecule has 0 unspecified atom stereocenters. The van der Waals surface area contributed by atoms with E-state index in [1.54, 1.807) is 0 Å². The lowest BCUT2D eigenvalue weighted by molar-refractivity contribution is 0.506. The maximum Gasteiger partial charge on any atom is 0.0362 e. The van der Waals surface area contributed by atoms with Gasteiger partial charge in [-0.05, 0) is 50.9 Å². The van der Waals surface area contributed by atoms with Crippen molar-refractivity contribution in [1.29, 1.82) is 0 Å². The standard InChI is InChI=1S/C28H21Cl/c29-18-28(26-15-7-5-13-23(26)24-14-6-8-16-27(24)28)17-25-21-11-3-1-9-19(21)20-10-2-4-12-22(20)25/h1-16,25H,17-18H2. The highest BCUT2D eigenvalue weighted by Crippen LogP contribution is 2.57. The zero-order valence-corrected chi connectivity index (χ0v) is 16.9. The molecule has 0 amide bonds. The van der Waals surface area contributed by atoms with Crippen molar-refractivity contribution in [2.75, 3.05) is 5.88 Å². The minimum Gasteiger partial charge on any atom is -0.125 e. The average Bonchev–Trinajstić information content (AvgIpc) is 3.26. The van der Waals surface area contributed by atoms with Gasteiger partial charge in [0.05, 0.1) is 0 Å². The van der Waals surface area contributed by atoms with Crippen molar-refractivity contribution in [3.8, 4) is 22.3 Å². The number of hydrogen-bond donors (Lipinski definition) is 0. The fraction of sp³-hybridized carbons (Fsp3) is 0.143. The Labute approximate surface area is 176 Å². The number of benzene rings is 4. The topological polar surface area (TPSA) is 0 Å². The number of hydrogen-bond acceptors (Lipinski definition) is 0. The first kappa shape index (κ1) is 17.1. The number of halogens is 1. The van der Waals surface area contributed by atoms with Crippen LogP contribution in [0.2, 0.25) is 0 Å². The zero-order valence-electron chi connectivity index (χ0n) is 16.1. The van der Waals surface area contributed by atoms with Gasteiger partial charge in [0.2, 0.25) is 0 Å². The molecule has 4 aromatic rings. The third kappa shape index (κ3) is 2.27. The maximum absolute atomic E-state index is 6.85. The van der Waals surface area contributed by atoms with Crippen LogP contribution in [-0.2, 0) is 5.41 Å². The molecule has 29 heavy (non-hydrogen) atoms. The first-order valence-corrected chi connectivity index (χ1v) is 10.8. The Morgan fingerprint density at radius 1 is 0.552 bits per heavy atom. The van der Waals surface area contributed by atoms with Crippen LogP contribution in [0.3, 0.4) is 0 Å². The van der Waals surface area contributed by atoms with Gasteiger partial charge in [-0.15, -0.1) is 11.6 Å². The first-order valence-electron chi connectivity index (χ1n) is 10.3. The smallest absolute Gasteiger partial charge is 0.0362 e. The zero-order chi connectivity index (χ0) is 19.4. The molecule has 0 saturated heterocycles. The van der Waals surface area contributed by atoms with Crippen LogP contribution < -0.4 is 0 Å². The summed E-state index contributed by atoms with van der Waals surface area (Å²) in [6.45, 7) is 0. The van der Waals surface area contributed by atoms with E-state index in [-0.39, 0.29) is 5.41 Å². The second-order valence-corrected chi connectivity index (χ2v) is 8.51. The largest absolute Gasteiger partial charge is 0.125 e. The molecule has 0 fully saturated rings. The van der Waals surface area contributed by atoms with Crippen molar-refractivity contribution >= 4 is 11.6 Å². The molecule has 0 radical (unpaired) electrons. The third-order valence-electron chi connectivity index (χ3n) is 6.92. The first-order chi connectivity index (χ1) is 14.3. The Hall–Kier alpha value is -2.83. The molecule has 0 saturated carbocycles. The number of rotatable bonds is 3. The maximum atomic E-state index is 6.85. The van der Waals surface area contributed by atoms with Gasteiger partial charge in [-0.3, -0.25) is 0 Å². The number of alkyl halides is 1. The Morgan fingerprint density at radius 2 is 0.966 bits per heavy atom. The second-order valence-electron chi connectivity index (χ2n) is 8.24. The van der Waals surface area contributed by atoms with Crippen LogP contribution in [0.5, 0.6) is 0 Å². The van der Waals surface area contributed by atoms with Crippen molar-refractivity contribution in [2.24, 2.45) is 0 Å². The van der Waals surface area contributed by atoms with Crippen LogP contribution >= 0.6 is 11.6 Å². The molecule has 0 N–H and O–H groups in total. The minimum atomic E-state index is -0.177. The van der Waals surface area contributed by atoms with E-state index in [9.17, 15) is 0 Å². The van der Waals surface area contributed by atoms with E-state index >= 15 is 0 Å². The summed E-state index contributed by atoms with van der Waals surface area (Å²) in [5.74, 6) is 0.933. The lowest BCUT2D eigenvalue weighted by Crippen LogP contribution is -2.30. The molecule has 0 aliphatic heterocycles. The second kappa shape index (κ2) is 6.34. The highest BCUT2D eigenvalue weighted by molar-refractivity contribution is 6.19. The summed E-state index contributed by atoms with van der Waals surface area (Å²) >= 11 is 6.85. The summed E-state index contributed by atoms with van der Waals surface area (Å²) in [5, 5.41) is 0. The van der Waals surface area contributed by atoms with Crippen molar-refractivity contribution in [1.82, 2.24) is 0 Å². The average molecular weight is 393 g/mol. The molecule has 140 valence electrons. The van der Waals surface area contributed by atoms with Crippen molar-refractivity contribution < 1.29 is 0 Å². The van der Waals surface area contributed by atoms with Gasteiger partial charge in [0.25, 0.3) is 0 Å². The van der Waals surface area contributed by atoms with Gasteiger partial charge >= 0.3 is 0 Å². The van der Waals surface area contributed by atoms with Gasteiger partial charge < -0.3 is 0 Å². The lowest BCUT2D eigenvalue weighted by Gasteiger charge is -2.33. The van der Waals surface area contributed by atoms with Gasteiger partial charge in [-0.2, -0.15) is 0 Å². The summed E-state index contributed by atoms with van der Waals surface area (Å²) in [5.41, 5.74) is 10.8. The Morgan fingerprint density at radius 3 is 1.45 bits per heavy atom. The van der Waals surface area contributed by atoms with Gasteiger partial charge in [-0.1, -0.05) is 97.1 Å². The van der Waals surface area contributed by atoms with E-state index in [2.05, 4.69) is 97.1 Å². The predicted octanol–water partition coefficient (Wildman–Crippen LogP) is 7.39. The summed E-state index contributed by atoms with van der Waals surface area (Å²) in [4.78, 5) is 0. The van der Waals surface area contributed by atoms with E-state index < -0.39 is 0 Å². The van der Waals surface area contributed by atoms with Crippen LogP contribution in [-0.4, -0.2) is 5.88 Å². The van der Waals surface area contributed by atoms with E-state index in [0.29, 0.717) is 11.8 Å². The molecule has 1 heteroatoms. The molecule has 2 aliphatic carbocycles. The molecule has 0 heterocycles. The molecule has 0 atom stereocenters. The quantitative estimate of drug-likeness (QED) is 0.319. The van der Waals surface area contributed by atoms with Crippen molar-refractivity contribution in [3.63, 3.8) is 0 Å². The monoisotopic (exact) mass is 392 g/mol. The van der Waals surface area contributed by atoms with Crippen LogP contribution in [0.15, 0.2) is 97.1 Å². The molecule has 0 aromatic heterocycles. The molecular weight excluding hydrogens is 372 g/mol. The van der Waals surface area contributed by atoms with Crippen LogP contribution in [0.1, 0.15) is 34.6 Å². The molecule has 0 spiro atoms. The van der Waals surface area contributed by atoms with Crippen molar-refractivity contribution in [3.05, 3.63) is 119 Å². The normalized spacial score (nSPS) is 15.5. The van der Waals surface area contributed by atoms with Crippen LogP contribution in [0.4, 0.5) is 0 Å². The van der Waals surface area contributed by atoms with Crippen molar-refractivity contribution in [2.45, 2.75) is 17.8 Å². The van der Waals surface area contributed by atoms with E-state index in [4.69, 9.17) is 11.6 Å². The third-order valence-corrected chi connectivity index (χ3v) is 7.37. The van der Waals surface area contributed by atoms with Crippen LogP contribution in [0.25, 0.3) is 22.3 Å². The highest BCUT2D eigenvalue weighted by atomic mass is 35.5. The molecule has 4 aromatic carbocycles. The van der Waals surface area contributed by atoms with Gasteiger partial charge in [0, 0.05) is 17.2 Å². The molecule has 2 aliphatic rings. The SMILES string of the molecule is ClCC1(CC2c3ccccc3-c3ccccc32)c2ccccc2-c2ccccc21. The fourth-order valence-corrected chi connectivity index (χ4v) is 6.06. The van der Waals surface area contributed by atoms with Crippen LogP contribution in [0, 0.1) is 0 Å². The minimum absolute atomic E-state index is 0.177.